The zero-order valence-corrected chi connectivity index (χ0v) is 18.1. The lowest BCUT2D eigenvalue weighted by molar-refractivity contribution is -0.142. The van der Waals surface area contributed by atoms with Gasteiger partial charge in [-0.3, -0.25) is 4.99 Å². The van der Waals surface area contributed by atoms with Crippen molar-refractivity contribution in [2.45, 2.75) is 26.3 Å². The van der Waals surface area contributed by atoms with Gasteiger partial charge in [-0.2, -0.15) is 0 Å². The monoisotopic (exact) mass is 410 g/mol. The number of carbonyl (C=O) groups excluding carboxylic acids is 1. The first-order chi connectivity index (χ1) is 15.1. The first-order valence-corrected chi connectivity index (χ1v) is 10.4. The van der Waals surface area contributed by atoms with Gasteiger partial charge in [-0.15, -0.1) is 0 Å². The van der Waals surface area contributed by atoms with Crippen LogP contribution in [0.1, 0.15) is 27.9 Å². The number of methoxy groups -OCH3 is 1. The molecule has 1 atom stereocenters. The van der Waals surface area contributed by atoms with E-state index in [1.54, 1.807) is 0 Å². The number of hydrogen-bond donors (Lipinski definition) is 1. The van der Waals surface area contributed by atoms with Crippen LogP contribution in [0.3, 0.4) is 0 Å². The van der Waals surface area contributed by atoms with Crippen molar-refractivity contribution in [1.82, 2.24) is 4.98 Å². The Morgan fingerprint density at radius 3 is 2.13 bits per heavy atom. The molecule has 3 aromatic carbocycles. The van der Waals surface area contributed by atoms with Crippen molar-refractivity contribution in [3.63, 3.8) is 0 Å². The number of aromatic amines is 1. The van der Waals surface area contributed by atoms with Gasteiger partial charge in [0.15, 0.2) is 6.04 Å². The van der Waals surface area contributed by atoms with E-state index in [4.69, 9.17) is 9.73 Å². The average Bonchev–Trinajstić information content (AvgIpc) is 3.11. The maximum atomic E-state index is 12.8. The molecule has 0 aliphatic carbocycles. The molecule has 0 amide bonds. The van der Waals surface area contributed by atoms with Gasteiger partial charge in [0.2, 0.25) is 0 Å². The second-order valence-corrected chi connectivity index (χ2v) is 7.73. The molecule has 4 aromatic rings. The van der Waals surface area contributed by atoms with Crippen molar-refractivity contribution < 1.29 is 9.53 Å². The molecule has 31 heavy (non-hydrogen) atoms. The molecule has 0 saturated heterocycles. The minimum atomic E-state index is -0.654. The summed E-state index contributed by atoms with van der Waals surface area (Å²) < 4.78 is 5.15. The lowest BCUT2D eigenvalue weighted by Crippen LogP contribution is -2.25. The van der Waals surface area contributed by atoms with Crippen molar-refractivity contribution in [2.75, 3.05) is 7.11 Å². The van der Waals surface area contributed by atoms with E-state index in [2.05, 4.69) is 30.1 Å². The molecule has 4 nitrogen and oxygen atoms in total. The highest BCUT2D eigenvalue weighted by atomic mass is 16.5. The van der Waals surface area contributed by atoms with Gasteiger partial charge >= 0.3 is 5.97 Å². The van der Waals surface area contributed by atoms with E-state index in [9.17, 15) is 4.79 Å². The number of aromatic nitrogens is 1. The Bertz CT molecular complexity index is 1180. The summed E-state index contributed by atoms with van der Waals surface area (Å²) in [6.45, 7) is 4.11. The van der Waals surface area contributed by atoms with Gasteiger partial charge in [-0.1, -0.05) is 72.3 Å². The van der Waals surface area contributed by atoms with E-state index >= 15 is 0 Å². The average molecular weight is 411 g/mol. The van der Waals surface area contributed by atoms with Crippen LogP contribution >= 0.6 is 0 Å². The Labute approximate surface area is 182 Å². The Balaban J connectivity index is 1.82. The van der Waals surface area contributed by atoms with Crippen LogP contribution in [0.25, 0.3) is 10.9 Å². The molecule has 156 valence electrons. The molecule has 1 aromatic heterocycles. The summed E-state index contributed by atoms with van der Waals surface area (Å²) in [5, 5.41) is 1.13. The predicted octanol–water partition coefficient (Wildman–Crippen LogP) is 5.41. The van der Waals surface area contributed by atoms with Gasteiger partial charge in [0.25, 0.3) is 0 Å². The van der Waals surface area contributed by atoms with Crippen LogP contribution in [0.4, 0.5) is 0 Å². The minimum absolute atomic E-state index is 0.342. The van der Waals surface area contributed by atoms with E-state index < -0.39 is 6.04 Å². The Hall–Kier alpha value is -3.66. The summed E-state index contributed by atoms with van der Waals surface area (Å²) in [5.41, 5.74) is 7.11. The van der Waals surface area contributed by atoms with Crippen LogP contribution in [0.2, 0.25) is 0 Å². The highest BCUT2D eigenvalue weighted by Crippen LogP contribution is 2.26. The zero-order chi connectivity index (χ0) is 21.8. The number of nitrogens with zero attached hydrogens (tertiary/aromatic N) is 1. The number of hydrogen-bond acceptors (Lipinski definition) is 3. The quantitative estimate of drug-likeness (QED) is 0.341. The van der Waals surface area contributed by atoms with E-state index in [-0.39, 0.29) is 5.97 Å². The molecule has 4 heteroatoms. The summed E-state index contributed by atoms with van der Waals surface area (Å²) in [5.74, 6) is -0.342. The fourth-order valence-electron chi connectivity index (χ4n) is 3.93. The third-order valence-electron chi connectivity index (χ3n) is 5.53. The van der Waals surface area contributed by atoms with Crippen LogP contribution < -0.4 is 0 Å². The minimum Gasteiger partial charge on any atom is -0.467 e. The molecular formula is C27H26N2O2. The summed E-state index contributed by atoms with van der Waals surface area (Å²) >= 11 is 0. The van der Waals surface area contributed by atoms with Crippen molar-refractivity contribution in [2.24, 2.45) is 4.99 Å². The van der Waals surface area contributed by atoms with Gasteiger partial charge < -0.3 is 9.72 Å². The summed E-state index contributed by atoms with van der Waals surface area (Å²) in [6, 6.07) is 25.6. The van der Waals surface area contributed by atoms with Crippen LogP contribution in [0.5, 0.6) is 0 Å². The third-order valence-corrected chi connectivity index (χ3v) is 5.53. The highest BCUT2D eigenvalue weighted by Gasteiger charge is 2.23. The molecule has 1 heterocycles. The van der Waals surface area contributed by atoms with Gasteiger partial charge in [0, 0.05) is 34.1 Å². The number of esters is 1. The number of fused-ring (bicyclic) bond motifs is 1. The first kappa shape index (κ1) is 20.6. The fourth-order valence-corrected chi connectivity index (χ4v) is 3.93. The third kappa shape index (κ3) is 4.43. The topological polar surface area (TPSA) is 54.5 Å². The van der Waals surface area contributed by atoms with Gasteiger partial charge in [-0.05, 0) is 31.5 Å². The summed E-state index contributed by atoms with van der Waals surface area (Å²) in [6.07, 6.45) is 0.463. The van der Waals surface area contributed by atoms with Gasteiger partial charge in [-0.25, -0.2) is 4.79 Å². The van der Waals surface area contributed by atoms with E-state index in [1.807, 2.05) is 67.6 Å². The molecule has 0 aliphatic heterocycles. The lowest BCUT2D eigenvalue weighted by atomic mass is 9.99. The van der Waals surface area contributed by atoms with Crippen molar-refractivity contribution in [3.8, 4) is 0 Å². The van der Waals surface area contributed by atoms with Crippen LogP contribution in [-0.4, -0.2) is 29.8 Å². The first-order valence-electron chi connectivity index (χ1n) is 10.4. The standard InChI is InChI=1S/C27H26N2O2/c1-18-14-15-24-23(16-18)22(19(2)28-24)17-25(27(30)31-3)29-26(20-10-6-4-7-11-20)21-12-8-5-9-13-21/h4-16,25,28H,17H2,1-3H3/t25-/m0/s1. The normalized spacial score (nSPS) is 11.8. The number of rotatable bonds is 6. The van der Waals surface area contributed by atoms with Crippen molar-refractivity contribution in [3.05, 3.63) is 107 Å². The zero-order valence-electron chi connectivity index (χ0n) is 18.1. The molecule has 0 fully saturated rings. The molecule has 4 rings (SSSR count). The number of nitrogens with one attached hydrogen (secondary N) is 1. The van der Waals surface area contributed by atoms with Gasteiger partial charge in [0.05, 0.1) is 12.8 Å². The highest BCUT2D eigenvalue weighted by molar-refractivity contribution is 6.13. The molecule has 0 spiro atoms. The molecule has 0 saturated carbocycles. The lowest BCUT2D eigenvalue weighted by Gasteiger charge is -2.15. The summed E-state index contributed by atoms with van der Waals surface area (Å²) in [7, 11) is 1.42. The smallest absolute Gasteiger partial charge is 0.330 e. The number of benzene rings is 3. The second kappa shape index (κ2) is 9.00. The molecule has 0 bridgehead atoms. The Morgan fingerprint density at radius 1 is 0.935 bits per heavy atom. The van der Waals surface area contributed by atoms with E-state index in [1.165, 1.54) is 12.7 Å². The maximum absolute atomic E-state index is 12.8. The fraction of sp³-hybridized carbons (Fsp3) is 0.185. The van der Waals surface area contributed by atoms with Crippen LogP contribution in [0.15, 0.2) is 83.9 Å². The molecule has 0 radical (unpaired) electrons. The van der Waals surface area contributed by atoms with Crippen LogP contribution in [-0.2, 0) is 16.0 Å². The summed E-state index contributed by atoms with van der Waals surface area (Å²) in [4.78, 5) is 21.2. The number of carbonyl (C=O) groups is 1. The largest absolute Gasteiger partial charge is 0.467 e. The Morgan fingerprint density at radius 2 is 1.55 bits per heavy atom. The molecule has 0 aliphatic rings. The molecule has 1 N–H and O–H groups in total. The van der Waals surface area contributed by atoms with Crippen LogP contribution in [0, 0.1) is 13.8 Å². The predicted molar refractivity (Wildman–Crippen MR) is 126 cm³/mol. The number of ether oxygens (including phenoxy) is 1. The van der Waals surface area contributed by atoms with E-state index in [0.29, 0.717) is 6.42 Å². The number of H-pyrrole nitrogens is 1. The molecular weight excluding hydrogens is 384 g/mol. The second-order valence-electron chi connectivity index (χ2n) is 7.73. The van der Waals surface area contributed by atoms with E-state index in [0.717, 1.165) is 39.0 Å². The SMILES string of the molecule is COC(=O)[C@H](Cc1c(C)[nH]c2ccc(C)cc12)N=C(c1ccccc1)c1ccccc1. The van der Waals surface area contributed by atoms with Crippen molar-refractivity contribution >= 4 is 22.6 Å². The number of aliphatic imine (C=N–C) groups is 1. The molecule has 0 unspecified atom stereocenters. The van der Waals surface area contributed by atoms with Gasteiger partial charge in [0.1, 0.15) is 0 Å². The maximum Gasteiger partial charge on any atom is 0.330 e. The number of aryl methyl sites for hydroxylation is 2. The Kier molecular flexibility index (Phi) is 5.99. The van der Waals surface area contributed by atoms with Crippen molar-refractivity contribution in [1.29, 1.82) is 0 Å².